The molecule has 1 fully saturated rings. The number of benzene rings is 1. The van der Waals surface area contributed by atoms with Crippen molar-refractivity contribution in [2.75, 3.05) is 12.4 Å². The molecule has 0 bridgehead atoms. The molecule has 0 amide bonds. The summed E-state index contributed by atoms with van der Waals surface area (Å²) in [5.74, 6) is 7.54. The van der Waals surface area contributed by atoms with Crippen molar-refractivity contribution in [3.63, 3.8) is 0 Å². The molecule has 0 spiro atoms. The fraction of sp³-hybridized carbons (Fsp3) is 0.278. The second kappa shape index (κ2) is 6.87. The highest BCUT2D eigenvalue weighted by molar-refractivity contribution is 7.21. The van der Waals surface area contributed by atoms with Crippen LogP contribution in [0, 0.1) is 17.8 Å². The maximum absolute atomic E-state index is 6.17. The summed E-state index contributed by atoms with van der Waals surface area (Å²) in [6.45, 7) is 0.659. The van der Waals surface area contributed by atoms with Gasteiger partial charge >= 0.3 is 0 Å². The first-order chi connectivity index (χ1) is 12.2. The molecule has 1 N–H and O–H groups in total. The van der Waals surface area contributed by atoms with Gasteiger partial charge in [0.2, 0.25) is 0 Å². The molecule has 1 saturated carbocycles. The van der Waals surface area contributed by atoms with E-state index in [0.717, 1.165) is 21.3 Å². The number of hydrogen-bond acceptors (Lipinski definition) is 6. The van der Waals surface area contributed by atoms with Crippen LogP contribution in [-0.2, 0) is 6.54 Å². The zero-order valence-corrected chi connectivity index (χ0v) is 15.1. The van der Waals surface area contributed by atoms with Crippen LogP contribution >= 0.6 is 22.9 Å². The van der Waals surface area contributed by atoms with Gasteiger partial charge in [-0.25, -0.2) is 9.97 Å². The Kier molecular flexibility index (Phi) is 4.43. The number of fused-ring (bicyclic) bond motifs is 1. The van der Waals surface area contributed by atoms with E-state index in [1.165, 1.54) is 24.2 Å². The number of aromatic nitrogens is 3. The number of ether oxygens (including phenoxy) is 1. The third kappa shape index (κ3) is 3.84. The predicted octanol–water partition coefficient (Wildman–Crippen LogP) is 4.12. The summed E-state index contributed by atoms with van der Waals surface area (Å²) in [6, 6.07) is 7.89. The molecule has 1 aromatic carbocycles. The number of halogens is 1. The summed E-state index contributed by atoms with van der Waals surface area (Å²) in [5.41, 5.74) is 2.21. The predicted molar refractivity (Wildman–Crippen MR) is 100 cm³/mol. The quantitative estimate of drug-likeness (QED) is 0.700. The summed E-state index contributed by atoms with van der Waals surface area (Å²) < 4.78 is 5.16. The zero-order valence-electron chi connectivity index (χ0n) is 13.5. The Morgan fingerprint density at radius 2 is 2.04 bits per heavy atom. The molecule has 1 aliphatic carbocycles. The molecule has 0 aliphatic heterocycles. The van der Waals surface area contributed by atoms with E-state index in [9.17, 15) is 0 Å². The third-order valence-electron chi connectivity index (χ3n) is 3.78. The van der Waals surface area contributed by atoms with Gasteiger partial charge in [0.25, 0.3) is 0 Å². The van der Waals surface area contributed by atoms with Gasteiger partial charge in [-0.05, 0) is 36.5 Å². The summed E-state index contributed by atoms with van der Waals surface area (Å²) in [7, 11) is 1.66. The Bertz CT molecular complexity index is 970. The molecule has 3 aromatic rings. The molecule has 0 radical (unpaired) electrons. The van der Waals surface area contributed by atoms with E-state index in [-0.39, 0.29) is 0 Å². The van der Waals surface area contributed by atoms with Gasteiger partial charge in [0.05, 0.1) is 7.11 Å². The minimum atomic E-state index is 0.313. The van der Waals surface area contributed by atoms with E-state index in [1.54, 1.807) is 7.11 Å². The lowest BCUT2D eigenvalue weighted by molar-refractivity contribution is 0.414. The molecule has 7 heteroatoms. The Balaban J connectivity index is 1.51. The number of nitrogens with zero attached hydrogens (tertiary/aromatic N) is 3. The van der Waals surface area contributed by atoms with Crippen LogP contribution in [0.15, 0.2) is 24.3 Å². The molecule has 2 aromatic heterocycles. The molecule has 5 nitrogen and oxygen atoms in total. The summed E-state index contributed by atoms with van der Waals surface area (Å²) in [6.07, 6.45) is 2.33. The van der Waals surface area contributed by atoms with Crippen LogP contribution in [0.25, 0.3) is 10.5 Å². The van der Waals surface area contributed by atoms with E-state index in [1.807, 2.05) is 24.3 Å². The first kappa shape index (κ1) is 16.1. The van der Waals surface area contributed by atoms with Crippen LogP contribution in [0.5, 0.6) is 5.75 Å². The maximum Gasteiger partial charge on any atom is 0.193 e. The first-order valence-corrected chi connectivity index (χ1v) is 9.13. The van der Waals surface area contributed by atoms with Crippen molar-refractivity contribution in [1.29, 1.82) is 0 Å². The largest absolute Gasteiger partial charge is 0.497 e. The van der Waals surface area contributed by atoms with Gasteiger partial charge in [0.15, 0.2) is 26.5 Å². The van der Waals surface area contributed by atoms with Crippen molar-refractivity contribution in [2.24, 2.45) is 5.92 Å². The topological polar surface area (TPSA) is 59.9 Å². The summed E-state index contributed by atoms with van der Waals surface area (Å²) in [4.78, 5) is 14.0. The van der Waals surface area contributed by atoms with Crippen molar-refractivity contribution >= 4 is 38.5 Å². The minimum absolute atomic E-state index is 0.313. The standard InChI is InChI=1S/C18H15ClN4OS/c1-24-13-7-4-12(5-8-13)10-20-18-23-16-17(25-18)21-14(15(19)22-16)9-6-11-2-3-11/h4-5,7-8,11H,2-3,10H2,1H3,(H,20,22,23). The fourth-order valence-corrected chi connectivity index (χ4v) is 3.17. The van der Waals surface area contributed by atoms with Gasteiger partial charge in [-0.1, -0.05) is 41.0 Å². The highest BCUT2D eigenvalue weighted by Gasteiger charge is 2.18. The lowest BCUT2D eigenvalue weighted by Crippen LogP contribution is -1.98. The first-order valence-electron chi connectivity index (χ1n) is 7.93. The van der Waals surface area contributed by atoms with Crippen molar-refractivity contribution in [3.8, 4) is 17.6 Å². The normalized spacial score (nSPS) is 13.4. The average Bonchev–Trinajstić information content (AvgIpc) is 3.38. The van der Waals surface area contributed by atoms with Crippen LogP contribution < -0.4 is 10.1 Å². The zero-order chi connectivity index (χ0) is 17.2. The number of hydrogen-bond donors (Lipinski definition) is 1. The van der Waals surface area contributed by atoms with Gasteiger partial charge in [-0.3, -0.25) is 0 Å². The van der Waals surface area contributed by atoms with Crippen LogP contribution in [-0.4, -0.2) is 22.1 Å². The van der Waals surface area contributed by atoms with Crippen molar-refractivity contribution in [1.82, 2.24) is 15.0 Å². The third-order valence-corrected chi connectivity index (χ3v) is 4.94. The van der Waals surface area contributed by atoms with Gasteiger partial charge < -0.3 is 10.1 Å². The van der Waals surface area contributed by atoms with Crippen LogP contribution in [0.1, 0.15) is 24.1 Å². The smallest absolute Gasteiger partial charge is 0.193 e. The van der Waals surface area contributed by atoms with E-state index < -0.39 is 0 Å². The number of thiazole rings is 1. The number of anilines is 1. The number of rotatable bonds is 4. The molecule has 0 saturated heterocycles. The van der Waals surface area contributed by atoms with Gasteiger partial charge in [0.1, 0.15) is 5.75 Å². The van der Waals surface area contributed by atoms with E-state index in [2.05, 4.69) is 32.1 Å². The lowest BCUT2D eigenvalue weighted by Gasteiger charge is -2.04. The van der Waals surface area contributed by atoms with Crippen LogP contribution in [0.2, 0.25) is 5.15 Å². The van der Waals surface area contributed by atoms with Gasteiger partial charge in [-0.2, -0.15) is 4.98 Å². The highest BCUT2D eigenvalue weighted by atomic mass is 35.5. The molecule has 1 aliphatic rings. The summed E-state index contributed by atoms with van der Waals surface area (Å²) in [5, 5.41) is 4.37. The lowest BCUT2D eigenvalue weighted by atomic mass is 10.2. The minimum Gasteiger partial charge on any atom is -0.497 e. The van der Waals surface area contributed by atoms with Crippen molar-refractivity contribution < 1.29 is 4.74 Å². The highest BCUT2D eigenvalue weighted by Crippen LogP contribution is 2.29. The second-order valence-corrected chi connectivity index (χ2v) is 7.09. The molecule has 126 valence electrons. The van der Waals surface area contributed by atoms with Crippen molar-refractivity contribution in [2.45, 2.75) is 19.4 Å². The molecule has 2 heterocycles. The Morgan fingerprint density at radius 3 is 2.76 bits per heavy atom. The molecular formula is C18H15ClN4OS. The molecule has 4 rings (SSSR count). The van der Waals surface area contributed by atoms with Gasteiger partial charge in [-0.15, -0.1) is 0 Å². The van der Waals surface area contributed by atoms with E-state index in [0.29, 0.717) is 29.0 Å². The molecular weight excluding hydrogens is 356 g/mol. The Hall–Kier alpha value is -2.36. The van der Waals surface area contributed by atoms with Crippen LogP contribution in [0.4, 0.5) is 5.13 Å². The van der Waals surface area contributed by atoms with E-state index in [4.69, 9.17) is 16.3 Å². The SMILES string of the molecule is COc1ccc(CNc2nc3nc(Cl)c(C#CC4CC4)nc3s2)cc1. The average molecular weight is 371 g/mol. The monoisotopic (exact) mass is 370 g/mol. The second-order valence-electron chi connectivity index (χ2n) is 5.76. The van der Waals surface area contributed by atoms with Crippen molar-refractivity contribution in [3.05, 3.63) is 40.7 Å². The van der Waals surface area contributed by atoms with E-state index >= 15 is 0 Å². The number of methoxy groups -OCH3 is 1. The number of nitrogens with one attached hydrogen (secondary N) is 1. The van der Waals surface area contributed by atoms with Crippen LogP contribution in [0.3, 0.4) is 0 Å². The fourth-order valence-electron chi connectivity index (χ4n) is 2.22. The molecule has 0 atom stereocenters. The van der Waals surface area contributed by atoms with Gasteiger partial charge in [0, 0.05) is 12.5 Å². The Labute approximate surface area is 154 Å². The molecule has 25 heavy (non-hydrogen) atoms. The maximum atomic E-state index is 6.17. The molecule has 0 unspecified atom stereocenters. The Morgan fingerprint density at radius 1 is 1.24 bits per heavy atom. The summed E-state index contributed by atoms with van der Waals surface area (Å²) >= 11 is 7.62.